The van der Waals surface area contributed by atoms with Gasteiger partial charge in [0, 0.05) is 49.6 Å². The summed E-state index contributed by atoms with van der Waals surface area (Å²) in [5.41, 5.74) is 16.3. The largest absolute Gasteiger partial charge is 0.307 e. The molecule has 13 aromatic rings. The number of aromatic nitrogens is 5. The normalized spacial score (nSPS) is 11.5. The van der Waals surface area contributed by atoms with Crippen LogP contribution < -0.4 is 0 Å². The molecule has 0 spiro atoms. The van der Waals surface area contributed by atoms with E-state index in [9.17, 15) is 0 Å². The Morgan fingerprint density at radius 2 is 0.574 bits per heavy atom. The van der Waals surface area contributed by atoms with E-state index in [1.165, 1.54) is 32.7 Å². The van der Waals surface area contributed by atoms with Crippen LogP contribution in [0.2, 0.25) is 0 Å². The highest BCUT2D eigenvalue weighted by Crippen LogP contribution is 2.43. The van der Waals surface area contributed by atoms with Gasteiger partial charge in [0.15, 0.2) is 17.5 Å². The molecule has 68 heavy (non-hydrogen) atoms. The molecule has 0 saturated heterocycles. The van der Waals surface area contributed by atoms with Crippen molar-refractivity contribution in [3.63, 3.8) is 0 Å². The smallest absolute Gasteiger partial charge is 0.164 e. The van der Waals surface area contributed by atoms with E-state index in [0.29, 0.717) is 17.5 Å². The standard InChI is InChI=1S/C63H41N5/c1-5-18-42(19-6-1)45-32-34-47(35-33-45)62-64-61(46-24-11-4-12-25-46)65-63(66-62)48-26-17-27-51(39-48)67-57-30-15-13-28-53(57)55-36-37-56-54-29-14-16-31-58(54)68(60(56)59(55)67)52-40-49(43-20-7-2-8-21-43)38-50(41-52)44-22-9-3-10-23-44/h1-41H. The molecule has 0 amide bonds. The summed E-state index contributed by atoms with van der Waals surface area (Å²) in [5.74, 6) is 1.85. The average Bonchev–Trinajstić information content (AvgIpc) is 3.95. The zero-order valence-corrected chi connectivity index (χ0v) is 36.9. The first kappa shape index (κ1) is 39.2. The first-order valence-corrected chi connectivity index (χ1v) is 23.0. The number of benzene rings is 10. The van der Waals surface area contributed by atoms with Crippen LogP contribution in [0.1, 0.15) is 0 Å². The maximum Gasteiger partial charge on any atom is 0.164 e. The van der Waals surface area contributed by atoms with Gasteiger partial charge in [-0.25, -0.2) is 15.0 Å². The summed E-state index contributed by atoms with van der Waals surface area (Å²) in [5, 5.41) is 4.75. The molecule has 0 unspecified atom stereocenters. The van der Waals surface area contributed by atoms with Crippen molar-refractivity contribution in [3.8, 4) is 78.9 Å². The molecule has 5 heteroatoms. The first-order chi connectivity index (χ1) is 33.7. The predicted molar refractivity (Wildman–Crippen MR) is 281 cm³/mol. The summed E-state index contributed by atoms with van der Waals surface area (Å²) >= 11 is 0. The van der Waals surface area contributed by atoms with Crippen LogP contribution in [0.3, 0.4) is 0 Å². The van der Waals surface area contributed by atoms with E-state index in [4.69, 9.17) is 15.0 Å². The van der Waals surface area contributed by atoms with Crippen LogP contribution >= 0.6 is 0 Å². The Morgan fingerprint density at radius 3 is 1.09 bits per heavy atom. The van der Waals surface area contributed by atoms with Gasteiger partial charge in [-0.05, 0) is 75.8 Å². The number of hydrogen-bond acceptors (Lipinski definition) is 3. The van der Waals surface area contributed by atoms with Crippen LogP contribution in [-0.4, -0.2) is 24.1 Å². The summed E-state index contributed by atoms with van der Waals surface area (Å²) in [7, 11) is 0. The Balaban J connectivity index is 1.05. The average molecular weight is 868 g/mol. The van der Waals surface area contributed by atoms with Crippen molar-refractivity contribution >= 4 is 43.6 Å². The minimum absolute atomic E-state index is 0.606. The Hall–Kier alpha value is -9.19. The number of nitrogens with zero attached hydrogens (tertiary/aromatic N) is 5. The SMILES string of the molecule is c1ccc(-c2ccc(-c3nc(-c4ccccc4)nc(-c4cccc(-n5c6ccccc6c6ccc7c8ccccc8n(-c8cc(-c9ccccc9)cc(-c9ccccc9)c8)c7c65)c4)n3)cc2)cc1. The zero-order chi connectivity index (χ0) is 45.0. The second-order valence-electron chi connectivity index (χ2n) is 17.2. The Labute approximate surface area is 393 Å². The van der Waals surface area contributed by atoms with E-state index >= 15 is 0 Å². The van der Waals surface area contributed by atoms with Crippen molar-refractivity contribution in [2.75, 3.05) is 0 Å². The van der Waals surface area contributed by atoms with Crippen molar-refractivity contribution in [1.29, 1.82) is 0 Å². The van der Waals surface area contributed by atoms with E-state index in [0.717, 1.165) is 72.4 Å². The van der Waals surface area contributed by atoms with Gasteiger partial charge < -0.3 is 9.13 Å². The number of hydrogen-bond donors (Lipinski definition) is 0. The summed E-state index contributed by atoms with van der Waals surface area (Å²) in [4.78, 5) is 15.5. The van der Waals surface area contributed by atoms with Gasteiger partial charge in [0.2, 0.25) is 0 Å². The summed E-state index contributed by atoms with van der Waals surface area (Å²) < 4.78 is 4.92. The molecule has 0 aliphatic heterocycles. The van der Waals surface area contributed by atoms with E-state index < -0.39 is 0 Å². The van der Waals surface area contributed by atoms with Crippen molar-refractivity contribution in [2.24, 2.45) is 0 Å². The molecule has 0 radical (unpaired) electrons. The van der Waals surface area contributed by atoms with Crippen LogP contribution in [0.4, 0.5) is 0 Å². The van der Waals surface area contributed by atoms with Crippen LogP contribution in [0.15, 0.2) is 249 Å². The summed E-state index contributed by atoms with van der Waals surface area (Å²) in [6.45, 7) is 0. The highest BCUT2D eigenvalue weighted by molar-refractivity contribution is 6.24. The minimum Gasteiger partial charge on any atom is -0.307 e. The molecule has 3 aromatic heterocycles. The fraction of sp³-hybridized carbons (Fsp3) is 0. The Bertz CT molecular complexity index is 3930. The van der Waals surface area contributed by atoms with Crippen LogP contribution in [0, 0.1) is 0 Å². The third-order valence-electron chi connectivity index (χ3n) is 13.1. The number of fused-ring (bicyclic) bond motifs is 7. The molecule has 0 saturated carbocycles. The molecule has 3 heterocycles. The van der Waals surface area contributed by atoms with Gasteiger partial charge in [0.1, 0.15) is 0 Å². The molecule has 13 rings (SSSR count). The number of rotatable bonds is 8. The Kier molecular flexibility index (Phi) is 9.43. The Morgan fingerprint density at radius 1 is 0.221 bits per heavy atom. The molecule has 5 nitrogen and oxygen atoms in total. The van der Waals surface area contributed by atoms with Gasteiger partial charge in [-0.2, -0.15) is 0 Å². The number of para-hydroxylation sites is 2. The maximum atomic E-state index is 5.21. The molecule has 0 fully saturated rings. The van der Waals surface area contributed by atoms with Crippen LogP contribution in [0.5, 0.6) is 0 Å². The lowest BCUT2D eigenvalue weighted by Crippen LogP contribution is -2.02. The van der Waals surface area contributed by atoms with Crippen molar-refractivity contribution in [3.05, 3.63) is 249 Å². The van der Waals surface area contributed by atoms with Crippen LogP contribution in [0.25, 0.3) is 123 Å². The van der Waals surface area contributed by atoms with Crippen molar-refractivity contribution in [1.82, 2.24) is 24.1 Å². The molecule has 10 aromatic carbocycles. The van der Waals surface area contributed by atoms with Gasteiger partial charge in [-0.3, -0.25) is 0 Å². The van der Waals surface area contributed by atoms with Crippen LogP contribution in [-0.2, 0) is 0 Å². The fourth-order valence-electron chi connectivity index (χ4n) is 9.95. The highest BCUT2D eigenvalue weighted by atomic mass is 15.1. The molecule has 318 valence electrons. The summed E-state index contributed by atoms with van der Waals surface area (Å²) in [6, 6.07) is 88.3. The second kappa shape index (κ2) is 16.4. The molecular formula is C63H41N5. The molecule has 0 atom stereocenters. The fourth-order valence-corrected chi connectivity index (χ4v) is 9.95. The van der Waals surface area contributed by atoms with Gasteiger partial charge in [0.05, 0.1) is 22.1 Å². The van der Waals surface area contributed by atoms with E-state index in [2.05, 4.69) is 234 Å². The van der Waals surface area contributed by atoms with Crippen molar-refractivity contribution in [2.45, 2.75) is 0 Å². The molecule has 0 aliphatic rings. The van der Waals surface area contributed by atoms with Gasteiger partial charge in [0.25, 0.3) is 0 Å². The molecule has 0 aliphatic carbocycles. The lowest BCUT2D eigenvalue weighted by Gasteiger charge is -2.16. The second-order valence-corrected chi connectivity index (χ2v) is 17.2. The minimum atomic E-state index is 0.606. The quantitative estimate of drug-likeness (QED) is 0.153. The van der Waals surface area contributed by atoms with Crippen molar-refractivity contribution < 1.29 is 0 Å². The van der Waals surface area contributed by atoms with Gasteiger partial charge >= 0.3 is 0 Å². The van der Waals surface area contributed by atoms with Gasteiger partial charge in [-0.15, -0.1) is 0 Å². The lowest BCUT2D eigenvalue weighted by atomic mass is 9.98. The highest BCUT2D eigenvalue weighted by Gasteiger charge is 2.23. The molecule has 0 bridgehead atoms. The predicted octanol–water partition coefficient (Wildman–Crippen LogP) is 16.1. The monoisotopic (exact) mass is 867 g/mol. The zero-order valence-electron chi connectivity index (χ0n) is 36.9. The third kappa shape index (κ3) is 6.76. The first-order valence-electron chi connectivity index (χ1n) is 23.0. The van der Waals surface area contributed by atoms with E-state index in [1.54, 1.807) is 0 Å². The van der Waals surface area contributed by atoms with E-state index in [1.807, 2.05) is 24.3 Å². The van der Waals surface area contributed by atoms with Gasteiger partial charge in [-0.1, -0.05) is 206 Å². The molecule has 0 N–H and O–H groups in total. The third-order valence-corrected chi connectivity index (χ3v) is 13.1. The van der Waals surface area contributed by atoms with E-state index in [-0.39, 0.29) is 0 Å². The summed E-state index contributed by atoms with van der Waals surface area (Å²) in [6.07, 6.45) is 0. The lowest BCUT2D eigenvalue weighted by molar-refractivity contribution is 1.07. The topological polar surface area (TPSA) is 48.5 Å². The molecular weight excluding hydrogens is 827 g/mol. The maximum absolute atomic E-state index is 5.21.